The summed E-state index contributed by atoms with van der Waals surface area (Å²) < 4.78 is 1.17. The Morgan fingerprint density at radius 3 is 2.92 bits per heavy atom. The van der Waals surface area contributed by atoms with Crippen LogP contribution in [0.25, 0.3) is 0 Å². The number of nitrogens with zero attached hydrogens (tertiary/aromatic N) is 1. The summed E-state index contributed by atoms with van der Waals surface area (Å²) in [5.74, 6) is 0. The van der Waals surface area contributed by atoms with E-state index in [1.165, 1.54) is 9.35 Å². The predicted molar refractivity (Wildman–Crippen MR) is 57.4 cm³/mol. The second kappa shape index (κ2) is 4.97. The zero-order valence-electron chi connectivity index (χ0n) is 7.09. The van der Waals surface area contributed by atoms with E-state index in [4.69, 9.17) is 5.73 Å². The average Bonchev–Trinajstić information content (AvgIpc) is 2.36. The molecule has 1 aromatic rings. The fourth-order valence-corrected chi connectivity index (χ4v) is 2.53. The molecule has 0 aliphatic rings. The monoisotopic (exact) mass is 248 g/mol. The maximum absolute atomic E-state index is 5.44. The molecule has 0 saturated carbocycles. The van der Waals surface area contributed by atoms with Crippen molar-refractivity contribution < 1.29 is 0 Å². The van der Waals surface area contributed by atoms with Crippen LogP contribution >= 0.6 is 27.3 Å². The van der Waals surface area contributed by atoms with E-state index in [1.54, 1.807) is 11.3 Å². The Bertz CT molecular complexity index is 237. The minimum absolute atomic E-state index is 0.725. The third kappa shape index (κ3) is 3.23. The van der Waals surface area contributed by atoms with Gasteiger partial charge in [-0.25, -0.2) is 0 Å². The summed E-state index contributed by atoms with van der Waals surface area (Å²) in [5, 5.41) is 2.10. The molecule has 0 saturated heterocycles. The molecule has 0 atom stereocenters. The van der Waals surface area contributed by atoms with Gasteiger partial charge in [0, 0.05) is 34.4 Å². The van der Waals surface area contributed by atoms with Gasteiger partial charge < -0.3 is 10.6 Å². The summed E-state index contributed by atoms with van der Waals surface area (Å²) in [7, 11) is 2.08. The molecule has 1 rings (SSSR count). The molecule has 0 bridgehead atoms. The van der Waals surface area contributed by atoms with Crippen LogP contribution in [0.1, 0.15) is 4.88 Å². The van der Waals surface area contributed by atoms with Crippen molar-refractivity contribution in [2.24, 2.45) is 5.73 Å². The van der Waals surface area contributed by atoms with Crippen LogP contribution in [-0.2, 0) is 6.54 Å². The number of thiophene rings is 1. The molecule has 0 aromatic carbocycles. The van der Waals surface area contributed by atoms with Crippen molar-refractivity contribution in [2.45, 2.75) is 6.54 Å². The second-order valence-electron chi connectivity index (χ2n) is 2.76. The Kier molecular flexibility index (Phi) is 4.21. The van der Waals surface area contributed by atoms with E-state index in [2.05, 4.69) is 39.3 Å². The molecule has 0 aliphatic carbocycles. The summed E-state index contributed by atoms with van der Waals surface area (Å²) in [6, 6.07) is 2.15. The summed E-state index contributed by atoms with van der Waals surface area (Å²) in [5.41, 5.74) is 5.44. The standard InChI is InChI=1S/C8H13BrN2S/c1-11(3-2-10)5-8-4-7(9)6-12-8/h4,6H,2-3,5,10H2,1H3. The Morgan fingerprint density at radius 1 is 1.67 bits per heavy atom. The van der Waals surface area contributed by atoms with Gasteiger partial charge in [-0.2, -0.15) is 0 Å². The Balaban J connectivity index is 2.41. The molecule has 4 heteroatoms. The van der Waals surface area contributed by atoms with Gasteiger partial charge in [0.1, 0.15) is 0 Å². The van der Waals surface area contributed by atoms with Crippen LogP contribution < -0.4 is 5.73 Å². The number of halogens is 1. The van der Waals surface area contributed by atoms with E-state index in [1.807, 2.05) is 0 Å². The predicted octanol–water partition coefficient (Wildman–Crippen LogP) is 1.90. The van der Waals surface area contributed by atoms with Crippen molar-refractivity contribution >= 4 is 27.3 Å². The molecular weight excluding hydrogens is 236 g/mol. The molecule has 0 spiro atoms. The number of hydrogen-bond acceptors (Lipinski definition) is 3. The highest BCUT2D eigenvalue weighted by Gasteiger charge is 2.01. The van der Waals surface area contributed by atoms with Crippen LogP contribution in [0.5, 0.6) is 0 Å². The molecule has 1 aromatic heterocycles. The minimum Gasteiger partial charge on any atom is -0.329 e. The maximum Gasteiger partial charge on any atom is 0.0325 e. The van der Waals surface area contributed by atoms with E-state index in [0.29, 0.717) is 0 Å². The normalized spacial score (nSPS) is 11.0. The number of hydrogen-bond donors (Lipinski definition) is 1. The van der Waals surface area contributed by atoms with E-state index in [9.17, 15) is 0 Å². The van der Waals surface area contributed by atoms with Crippen LogP contribution in [0.15, 0.2) is 15.9 Å². The first-order chi connectivity index (χ1) is 5.72. The quantitative estimate of drug-likeness (QED) is 0.883. The van der Waals surface area contributed by atoms with E-state index in [0.717, 1.165) is 19.6 Å². The van der Waals surface area contributed by atoms with E-state index < -0.39 is 0 Å². The van der Waals surface area contributed by atoms with Crippen LogP contribution in [0.4, 0.5) is 0 Å². The smallest absolute Gasteiger partial charge is 0.0325 e. The highest BCUT2D eigenvalue weighted by Crippen LogP contribution is 2.20. The van der Waals surface area contributed by atoms with Gasteiger partial charge in [-0.05, 0) is 29.0 Å². The van der Waals surface area contributed by atoms with Gasteiger partial charge in [-0.3, -0.25) is 0 Å². The third-order valence-corrected chi connectivity index (χ3v) is 3.24. The van der Waals surface area contributed by atoms with Crippen molar-refractivity contribution in [3.05, 3.63) is 20.8 Å². The molecule has 0 fully saturated rings. The Hall–Kier alpha value is 0.1000. The SMILES string of the molecule is CN(CCN)Cc1cc(Br)cs1. The van der Waals surface area contributed by atoms with Crippen molar-refractivity contribution in [3.63, 3.8) is 0 Å². The van der Waals surface area contributed by atoms with Gasteiger partial charge in [0.2, 0.25) is 0 Å². The number of nitrogens with two attached hydrogens (primary N) is 1. The first kappa shape index (κ1) is 10.2. The molecular formula is C8H13BrN2S. The third-order valence-electron chi connectivity index (χ3n) is 1.56. The Morgan fingerprint density at radius 2 is 2.42 bits per heavy atom. The number of rotatable bonds is 4. The lowest BCUT2D eigenvalue weighted by atomic mass is 10.4. The topological polar surface area (TPSA) is 29.3 Å². The fraction of sp³-hybridized carbons (Fsp3) is 0.500. The molecule has 0 unspecified atom stereocenters. The van der Waals surface area contributed by atoms with Crippen molar-refractivity contribution in [3.8, 4) is 0 Å². The van der Waals surface area contributed by atoms with E-state index in [-0.39, 0.29) is 0 Å². The van der Waals surface area contributed by atoms with Gasteiger partial charge >= 0.3 is 0 Å². The molecule has 12 heavy (non-hydrogen) atoms. The first-order valence-electron chi connectivity index (χ1n) is 3.84. The van der Waals surface area contributed by atoms with Crippen molar-refractivity contribution in [2.75, 3.05) is 20.1 Å². The average molecular weight is 249 g/mol. The van der Waals surface area contributed by atoms with Crippen molar-refractivity contribution in [1.82, 2.24) is 4.90 Å². The highest BCUT2D eigenvalue weighted by molar-refractivity contribution is 9.10. The first-order valence-corrected chi connectivity index (χ1v) is 5.51. The second-order valence-corrected chi connectivity index (χ2v) is 4.67. The lowest BCUT2D eigenvalue weighted by Crippen LogP contribution is -2.24. The van der Waals surface area contributed by atoms with Crippen LogP contribution in [0, 0.1) is 0 Å². The van der Waals surface area contributed by atoms with Crippen LogP contribution in [0.3, 0.4) is 0 Å². The molecule has 2 nitrogen and oxygen atoms in total. The van der Waals surface area contributed by atoms with Gasteiger partial charge in [0.05, 0.1) is 0 Å². The van der Waals surface area contributed by atoms with Gasteiger partial charge in [0.15, 0.2) is 0 Å². The van der Waals surface area contributed by atoms with Crippen LogP contribution in [-0.4, -0.2) is 25.0 Å². The zero-order chi connectivity index (χ0) is 8.97. The summed E-state index contributed by atoms with van der Waals surface area (Å²) in [6.07, 6.45) is 0. The molecule has 1 heterocycles. The minimum atomic E-state index is 0.725. The maximum atomic E-state index is 5.44. The van der Waals surface area contributed by atoms with Crippen molar-refractivity contribution in [1.29, 1.82) is 0 Å². The molecule has 0 aliphatic heterocycles. The highest BCUT2D eigenvalue weighted by atomic mass is 79.9. The summed E-state index contributed by atoms with van der Waals surface area (Å²) in [4.78, 5) is 3.59. The van der Waals surface area contributed by atoms with Gasteiger partial charge in [-0.15, -0.1) is 11.3 Å². The van der Waals surface area contributed by atoms with Gasteiger partial charge in [-0.1, -0.05) is 0 Å². The van der Waals surface area contributed by atoms with E-state index >= 15 is 0 Å². The summed E-state index contributed by atoms with van der Waals surface area (Å²) in [6.45, 7) is 2.67. The fourth-order valence-electron chi connectivity index (χ4n) is 1.00. The molecule has 68 valence electrons. The lowest BCUT2D eigenvalue weighted by molar-refractivity contribution is 0.339. The van der Waals surface area contributed by atoms with Crippen LogP contribution in [0.2, 0.25) is 0 Å². The Labute approximate surface area is 85.5 Å². The lowest BCUT2D eigenvalue weighted by Gasteiger charge is -2.13. The molecule has 2 N–H and O–H groups in total. The summed E-state index contributed by atoms with van der Waals surface area (Å²) >= 11 is 5.20. The van der Waals surface area contributed by atoms with Gasteiger partial charge in [0.25, 0.3) is 0 Å². The zero-order valence-corrected chi connectivity index (χ0v) is 9.49. The molecule has 0 radical (unpaired) electrons. The molecule has 0 amide bonds. The largest absolute Gasteiger partial charge is 0.329 e. The number of likely N-dealkylation sites (N-methyl/N-ethyl adjacent to an activating group) is 1.